The molecule has 0 aliphatic heterocycles. The summed E-state index contributed by atoms with van der Waals surface area (Å²) in [5.74, 6) is 6.88. The number of hydrogen-bond donors (Lipinski definition) is 0. The number of rotatable bonds is 11. The molecule has 1 aromatic carbocycles. The average Bonchev–Trinajstić information content (AvgIpc) is 3.36. The van der Waals surface area contributed by atoms with Gasteiger partial charge in [-0.05, 0) is 63.8 Å². The fourth-order valence-corrected chi connectivity index (χ4v) is 13.3. The van der Waals surface area contributed by atoms with Gasteiger partial charge in [-0.1, -0.05) is 78.0 Å². The Morgan fingerprint density at radius 1 is 0.861 bits per heavy atom. The van der Waals surface area contributed by atoms with Crippen LogP contribution in [-0.4, -0.2) is 49.2 Å². The van der Waals surface area contributed by atoms with Gasteiger partial charge in [0.15, 0.2) is 0 Å². The summed E-state index contributed by atoms with van der Waals surface area (Å²) in [5.41, 5.74) is 8.64. The van der Waals surface area contributed by atoms with Crippen LogP contribution in [0.2, 0.25) is 16.6 Å². The van der Waals surface area contributed by atoms with Crippen LogP contribution in [0.3, 0.4) is 0 Å². The van der Waals surface area contributed by atoms with Gasteiger partial charge in [0.25, 0.3) is 0 Å². The van der Waals surface area contributed by atoms with Crippen LogP contribution < -0.4 is 0 Å². The van der Waals surface area contributed by atoms with E-state index in [4.69, 9.17) is 14.2 Å². The van der Waals surface area contributed by atoms with E-state index >= 15 is 0 Å². The Balaban J connectivity index is 2.13. The first kappa shape index (κ1) is 29.2. The van der Waals surface area contributed by atoms with Gasteiger partial charge in [0.1, 0.15) is 8.07 Å². The molecule has 2 aliphatic carbocycles. The lowest BCUT2D eigenvalue weighted by molar-refractivity contribution is 0.0146. The third kappa shape index (κ3) is 5.70. The van der Waals surface area contributed by atoms with Crippen LogP contribution in [-0.2, 0) is 14.2 Å². The molecule has 4 heteroatoms. The molecule has 2 fully saturated rings. The van der Waals surface area contributed by atoms with E-state index in [9.17, 15) is 0 Å². The van der Waals surface area contributed by atoms with E-state index in [0.29, 0.717) is 58.7 Å². The van der Waals surface area contributed by atoms with Crippen LogP contribution in [0.25, 0.3) is 6.08 Å². The van der Waals surface area contributed by atoms with Crippen molar-refractivity contribution in [3.63, 3.8) is 0 Å². The van der Waals surface area contributed by atoms with Gasteiger partial charge in [-0.3, -0.25) is 0 Å². The Morgan fingerprint density at radius 3 is 1.92 bits per heavy atom. The molecule has 3 rings (SSSR count). The van der Waals surface area contributed by atoms with Crippen molar-refractivity contribution in [3.8, 4) is 11.5 Å². The van der Waals surface area contributed by atoms with E-state index in [-0.39, 0.29) is 0 Å². The highest BCUT2D eigenvalue weighted by molar-refractivity contribution is 6.90. The molecule has 0 spiro atoms. The van der Waals surface area contributed by atoms with Gasteiger partial charge in [0.2, 0.25) is 0 Å². The second-order valence-corrected chi connectivity index (χ2v) is 17.7. The van der Waals surface area contributed by atoms with Crippen LogP contribution in [0, 0.1) is 47.0 Å². The second kappa shape index (κ2) is 12.9. The molecule has 0 amide bonds. The topological polar surface area (TPSA) is 27.7 Å². The van der Waals surface area contributed by atoms with E-state index in [1.165, 1.54) is 17.6 Å². The summed E-state index contributed by atoms with van der Waals surface area (Å²) in [6, 6.07) is 10.7. The van der Waals surface area contributed by atoms with E-state index < -0.39 is 8.07 Å². The van der Waals surface area contributed by atoms with Crippen LogP contribution in [0.1, 0.15) is 53.5 Å². The molecule has 2 saturated carbocycles. The molecule has 0 aromatic heterocycles. The first-order valence-corrected chi connectivity index (χ1v) is 16.2. The molecule has 2 aliphatic rings. The van der Waals surface area contributed by atoms with Crippen LogP contribution in [0.15, 0.2) is 35.9 Å². The molecule has 1 aromatic rings. The molecule has 3 nitrogen and oxygen atoms in total. The quantitative estimate of drug-likeness (QED) is 0.230. The zero-order chi connectivity index (χ0) is 26.5. The van der Waals surface area contributed by atoms with Crippen molar-refractivity contribution >= 4 is 14.1 Å². The molecule has 6 atom stereocenters. The Bertz CT molecular complexity index is 889. The summed E-state index contributed by atoms with van der Waals surface area (Å²) < 4.78 is 17.3. The Labute approximate surface area is 222 Å². The highest BCUT2D eigenvalue weighted by Gasteiger charge is 2.58. The van der Waals surface area contributed by atoms with Crippen LogP contribution in [0.5, 0.6) is 0 Å². The molecule has 0 radical (unpaired) electrons. The molecule has 0 heterocycles. The van der Waals surface area contributed by atoms with Crippen molar-refractivity contribution in [1.29, 1.82) is 0 Å². The number of methoxy groups -OCH3 is 3. The second-order valence-electron chi connectivity index (χ2n) is 12.1. The highest BCUT2D eigenvalue weighted by atomic mass is 28.3. The van der Waals surface area contributed by atoms with Gasteiger partial charge in [-0.2, -0.15) is 0 Å². The summed E-state index contributed by atoms with van der Waals surface area (Å²) in [4.78, 5) is 0. The first-order chi connectivity index (χ1) is 17.2. The minimum Gasteiger partial charge on any atom is -0.384 e. The summed E-state index contributed by atoms with van der Waals surface area (Å²) in [7, 11) is 3.68. The van der Waals surface area contributed by atoms with Crippen molar-refractivity contribution in [2.75, 3.05) is 41.2 Å². The predicted octanol–water partition coefficient (Wildman–Crippen LogP) is 7.35. The maximum atomic E-state index is 5.81. The van der Waals surface area contributed by atoms with Gasteiger partial charge in [0, 0.05) is 40.5 Å². The Hall–Kier alpha value is -1.38. The number of hydrogen-bond acceptors (Lipinski definition) is 3. The molecule has 200 valence electrons. The molecule has 2 bridgehead atoms. The summed E-state index contributed by atoms with van der Waals surface area (Å²) >= 11 is 0. The molecule has 0 N–H and O–H groups in total. The maximum Gasteiger partial charge on any atom is 0.145 e. The fraction of sp³-hybridized carbons (Fsp3) is 0.688. The Morgan fingerprint density at radius 2 is 1.42 bits per heavy atom. The van der Waals surface area contributed by atoms with E-state index in [1.54, 1.807) is 0 Å². The number of fused-ring (bicyclic) bond motifs is 2. The predicted molar refractivity (Wildman–Crippen MR) is 154 cm³/mol. The zero-order valence-electron chi connectivity index (χ0n) is 24.2. The molecular weight excluding hydrogens is 460 g/mol. The summed E-state index contributed by atoms with van der Waals surface area (Å²) in [5, 5.41) is 0. The number of benzene rings is 1. The lowest BCUT2D eigenvalue weighted by atomic mass is 9.66. The zero-order valence-corrected chi connectivity index (χ0v) is 25.2. The minimum absolute atomic E-state index is 0.344. The Kier molecular flexibility index (Phi) is 10.5. The van der Waals surface area contributed by atoms with Crippen LogP contribution in [0.4, 0.5) is 0 Å². The van der Waals surface area contributed by atoms with Gasteiger partial charge in [-0.15, -0.1) is 11.5 Å². The van der Waals surface area contributed by atoms with E-state index in [1.807, 2.05) is 21.3 Å². The molecule has 2 unspecified atom stereocenters. The highest BCUT2D eigenvalue weighted by Crippen LogP contribution is 2.60. The van der Waals surface area contributed by atoms with Gasteiger partial charge in [-0.25, -0.2) is 0 Å². The minimum atomic E-state index is -1.82. The van der Waals surface area contributed by atoms with Gasteiger partial charge >= 0.3 is 0 Å². The summed E-state index contributed by atoms with van der Waals surface area (Å²) in [6.45, 7) is 16.7. The first-order valence-electron chi connectivity index (χ1n) is 14.0. The van der Waals surface area contributed by atoms with Gasteiger partial charge in [0.05, 0.1) is 6.61 Å². The smallest absolute Gasteiger partial charge is 0.145 e. The fourth-order valence-electron chi connectivity index (χ4n) is 8.04. The number of ether oxygens (including phenoxy) is 3. The van der Waals surface area contributed by atoms with Crippen molar-refractivity contribution < 1.29 is 14.2 Å². The lowest BCUT2D eigenvalue weighted by Gasteiger charge is -2.41. The van der Waals surface area contributed by atoms with Crippen molar-refractivity contribution in [2.45, 2.75) is 64.6 Å². The van der Waals surface area contributed by atoms with Crippen LogP contribution >= 0.6 is 0 Å². The van der Waals surface area contributed by atoms with Crippen molar-refractivity contribution in [3.05, 3.63) is 41.5 Å². The standard InChI is InChI=1S/C32H50O3Si/c1-22(2)36(23(3)4,24(5)6)16-15-27-28-18-29(31(21-35-9)30(28)20-34-8)32(27)26(19-33-7)17-25-13-11-10-12-14-25/h10-14,17,22-24,27-32H,18-21H2,1-9H3/b26-17+/t27?,28-,29-,30+,31-,32?/m1/s1. The SMILES string of the molecule is COC/C(=C\c1ccccc1)C1C(C#C[Si](C(C)C)(C(C)C)C(C)C)[C@H]2C[C@@H]1[C@@H](COC)[C@H]2COC. The van der Waals surface area contributed by atoms with Gasteiger partial charge < -0.3 is 14.2 Å². The van der Waals surface area contributed by atoms with E-state index in [2.05, 4.69) is 89.4 Å². The van der Waals surface area contributed by atoms with E-state index in [0.717, 1.165) is 13.2 Å². The maximum absolute atomic E-state index is 5.81. The summed E-state index contributed by atoms with van der Waals surface area (Å²) in [6.07, 6.45) is 3.58. The average molecular weight is 511 g/mol. The molecule has 0 saturated heterocycles. The monoisotopic (exact) mass is 510 g/mol. The van der Waals surface area contributed by atoms with Crippen molar-refractivity contribution in [1.82, 2.24) is 0 Å². The lowest BCUT2D eigenvalue weighted by Crippen LogP contribution is -2.44. The molecular formula is C32H50O3Si. The third-order valence-electron chi connectivity index (χ3n) is 9.43. The largest absolute Gasteiger partial charge is 0.384 e. The third-order valence-corrected chi connectivity index (χ3v) is 15.7. The normalized spacial score (nSPS) is 28.3. The van der Waals surface area contributed by atoms with Crippen molar-refractivity contribution in [2.24, 2.45) is 35.5 Å². The molecule has 36 heavy (non-hydrogen) atoms.